The second-order valence-corrected chi connectivity index (χ2v) is 5.91. The first-order chi connectivity index (χ1) is 11.1. The maximum atomic E-state index is 13.4. The van der Waals surface area contributed by atoms with Gasteiger partial charge in [0.1, 0.15) is 5.82 Å². The monoisotopic (exact) mass is 309 g/mol. The Labute approximate surface area is 134 Å². The van der Waals surface area contributed by atoms with Crippen LogP contribution in [0.25, 0.3) is 11.1 Å². The summed E-state index contributed by atoms with van der Waals surface area (Å²) in [6, 6.07) is 9.12. The van der Waals surface area contributed by atoms with Gasteiger partial charge in [-0.2, -0.15) is 5.26 Å². The van der Waals surface area contributed by atoms with Crippen LogP contribution in [0, 0.1) is 35.9 Å². The molecule has 4 nitrogen and oxygen atoms in total. The minimum absolute atomic E-state index is 0.00213. The number of hydrogen-bond acceptors (Lipinski definition) is 3. The highest BCUT2D eigenvalue weighted by Gasteiger charge is 2.34. The van der Waals surface area contributed by atoms with Crippen LogP contribution in [0.4, 0.5) is 10.1 Å². The number of halogens is 1. The fraction of sp³-hybridized carbons (Fsp3) is 0.278. The third-order valence-corrected chi connectivity index (χ3v) is 4.21. The average Bonchev–Trinajstić information content (AvgIpc) is 2.48. The molecule has 1 fully saturated rings. The zero-order chi connectivity index (χ0) is 16.4. The Balaban J connectivity index is 1.78. The van der Waals surface area contributed by atoms with Gasteiger partial charge in [-0.3, -0.25) is 9.78 Å². The van der Waals surface area contributed by atoms with E-state index < -0.39 is 5.82 Å². The summed E-state index contributed by atoms with van der Waals surface area (Å²) in [6.45, 7) is 1.93. The smallest absolute Gasteiger partial charge is 0.227 e. The number of benzene rings is 1. The predicted octanol–water partition coefficient (Wildman–Crippen LogP) is 3.68. The molecule has 1 aliphatic carbocycles. The van der Waals surface area contributed by atoms with Crippen molar-refractivity contribution in [2.24, 2.45) is 11.8 Å². The van der Waals surface area contributed by atoms with Crippen molar-refractivity contribution in [3.05, 3.63) is 48.0 Å². The molecule has 116 valence electrons. The van der Waals surface area contributed by atoms with E-state index in [1.54, 1.807) is 6.20 Å². The fourth-order valence-corrected chi connectivity index (χ4v) is 2.75. The molecule has 1 saturated carbocycles. The molecule has 5 heteroatoms. The number of aryl methyl sites for hydroxylation is 1. The van der Waals surface area contributed by atoms with Crippen molar-refractivity contribution in [2.45, 2.75) is 19.8 Å². The number of aromatic nitrogens is 1. The minimum atomic E-state index is -0.395. The molecule has 0 radical (unpaired) electrons. The van der Waals surface area contributed by atoms with Crippen LogP contribution in [0.5, 0.6) is 0 Å². The molecule has 0 bridgehead atoms. The molecule has 0 saturated heterocycles. The largest absolute Gasteiger partial charge is 0.326 e. The van der Waals surface area contributed by atoms with Gasteiger partial charge in [0.25, 0.3) is 0 Å². The van der Waals surface area contributed by atoms with E-state index in [1.165, 1.54) is 6.07 Å². The van der Waals surface area contributed by atoms with E-state index in [2.05, 4.69) is 16.4 Å². The Morgan fingerprint density at radius 2 is 2.13 bits per heavy atom. The average molecular weight is 309 g/mol. The van der Waals surface area contributed by atoms with Crippen LogP contribution in [-0.2, 0) is 4.79 Å². The van der Waals surface area contributed by atoms with Crippen LogP contribution < -0.4 is 5.32 Å². The number of nitriles is 1. The van der Waals surface area contributed by atoms with Crippen molar-refractivity contribution in [2.75, 3.05) is 5.32 Å². The first-order valence-corrected chi connectivity index (χ1v) is 7.49. The van der Waals surface area contributed by atoms with Crippen molar-refractivity contribution in [3.8, 4) is 17.2 Å². The standard InChI is InChI=1S/C18H16FN3O/c1-11-2-3-16(22-18(23)13-4-12(5-13)8-20)7-17(11)14-6-15(19)10-21-9-14/h2-3,6-7,9-10,12-13H,4-5H2,1H3,(H,22,23). The van der Waals surface area contributed by atoms with Crippen molar-refractivity contribution in [1.82, 2.24) is 4.98 Å². The maximum absolute atomic E-state index is 13.4. The summed E-state index contributed by atoms with van der Waals surface area (Å²) in [6.07, 6.45) is 4.00. The van der Waals surface area contributed by atoms with Crippen molar-refractivity contribution >= 4 is 11.6 Å². The molecular formula is C18H16FN3O. The van der Waals surface area contributed by atoms with Gasteiger partial charge in [0, 0.05) is 29.3 Å². The summed E-state index contributed by atoms with van der Waals surface area (Å²) < 4.78 is 13.4. The number of amides is 1. The zero-order valence-corrected chi connectivity index (χ0v) is 12.7. The number of hydrogen-bond donors (Lipinski definition) is 1. The SMILES string of the molecule is Cc1ccc(NC(=O)C2CC(C#N)C2)cc1-c1cncc(F)c1. The lowest BCUT2D eigenvalue weighted by Crippen LogP contribution is -2.33. The Kier molecular flexibility index (Phi) is 4.07. The second kappa shape index (κ2) is 6.17. The Morgan fingerprint density at radius 1 is 1.35 bits per heavy atom. The third kappa shape index (κ3) is 3.21. The number of carbonyl (C=O) groups is 1. The van der Waals surface area contributed by atoms with Crippen molar-refractivity contribution in [3.63, 3.8) is 0 Å². The van der Waals surface area contributed by atoms with Crippen LogP contribution in [0.2, 0.25) is 0 Å². The molecule has 1 aromatic carbocycles. The van der Waals surface area contributed by atoms with Gasteiger partial charge in [-0.25, -0.2) is 4.39 Å². The molecule has 0 aliphatic heterocycles. The Morgan fingerprint density at radius 3 is 2.83 bits per heavy atom. The molecule has 23 heavy (non-hydrogen) atoms. The number of carbonyl (C=O) groups excluding carboxylic acids is 1. The number of pyridine rings is 1. The van der Waals surface area contributed by atoms with Gasteiger partial charge in [0.15, 0.2) is 0 Å². The molecule has 0 atom stereocenters. The fourth-order valence-electron chi connectivity index (χ4n) is 2.75. The van der Waals surface area contributed by atoms with Gasteiger partial charge in [-0.15, -0.1) is 0 Å². The van der Waals surface area contributed by atoms with Gasteiger partial charge in [0.05, 0.1) is 12.3 Å². The van der Waals surface area contributed by atoms with E-state index >= 15 is 0 Å². The molecular weight excluding hydrogens is 293 g/mol. The Hall–Kier alpha value is -2.74. The highest BCUT2D eigenvalue weighted by atomic mass is 19.1. The van der Waals surface area contributed by atoms with E-state index in [9.17, 15) is 9.18 Å². The van der Waals surface area contributed by atoms with Gasteiger partial charge in [0.2, 0.25) is 5.91 Å². The highest BCUT2D eigenvalue weighted by Crippen LogP contribution is 2.34. The summed E-state index contributed by atoms with van der Waals surface area (Å²) in [5.41, 5.74) is 3.15. The van der Waals surface area contributed by atoms with Crippen LogP contribution >= 0.6 is 0 Å². The van der Waals surface area contributed by atoms with E-state index in [-0.39, 0.29) is 17.7 Å². The maximum Gasteiger partial charge on any atom is 0.227 e. The Bertz CT molecular complexity index is 791. The quantitative estimate of drug-likeness (QED) is 0.940. The molecule has 2 aromatic rings. The first kappa shape index (κ1) is 15.2. The molecule has 1 aliphatic rings. The first-order valence-electron chi connectivity index (χ1n) is 7.49. The highest BCUT2D eigenvalue weighted by molar-refractivity contribution is 5.94. The number of nitrogens with zero attached hydrogens (tertiary/aromatic N) is 2. The van der Waals surface area contributed by atoms with Crippen molar-refractivity contribution < 1.29 is 9.18 Å². The molecule has 1 amide bonds. The molecule has 0 unspecified atom stereocenters. The van der Waals surface area contributed by atoms with Crippen molar-refractivity contribution in [1.29, 1.82) is 5.26 Å². The lowest BCUT2D eigenvalue weighted by atomic mass is 9.75. The summed E-state index contributed by atoms with van der Waals surface area (Å²) >= 11 is 0. The van der Waals surface area contributed by atoms with Crippen LogP contribution in [-0.4, -0.2) is 10.9 Å². The summed E-state index contributed by atoms with van der Waals surface area (Å²) in [7, 11) is 0. The summed E-state index contributed by atoms with van der Waals surface area (Å²) in [5.74, 6) is -0.560. The topological polar surface area (TPSA) is 65.8 Å². The van der Waals surface area contributed by atoms with Crippen LogP contribution in [0.3, 0.4) is 0 Å². The molecule has 1 aromatic heterocycles. The van der Waals surface area contributed by atoms with E-state index in [0.717, 1.165) is 17.3 Å². The number of nitrogens with one attached hydrogen (secondary N) is 1. The molecule has 0 spiro atoms. The van der Waals surface area contributed by atoms with Crippen LogP contribution in [0.1, 0.15) is 18.4 Å². The van der Waals surface area contributed by atoms with Gasteiger partial charge < -0.3 is 5.32 Å². The zero-order valence-electron chi connectivity index (χ0n) is 12.7. The summed E-state index contributed by atoms with van der Waals surface area (Å²) in [4.78, 5) is 16.0. The van der Waals surface area contributed by atoms with Crippen LogP contribution in [0.15, 0.2) is 36.7 Å². The number of rotatable bonds is 3. The third-order valence-electron chi connectivity index (χ3n) is 4.21. The lowest BCUT2D eigenvalue weighted by Gasteiger charge is -2.29. The summed E-state index contributed by atoms with van der Waals surface area (Å²) in [5, 5.41) is 11.7. The second-order valence-electron chi connectivity index (χ2n) is 5.91. The predicted molar refractivity (Wildman–Crippen MR) is 84.8 cm³/mol. The minimum Gasteiger partial charge on any atom is -0.326 e. The normalized spacial score (nSPS) is 19.5. The van der Waals surface area contributed by atoms with Gasteiger partial charge in [-0.1, -0.05) is 6.07 Å². The van der Waals surface area contributed by atoms with E-state index in [4.69, 9.17) is 5.26 Å². The molecule has 3 rings (SSSR count). The lowest BCUT2D eigenvalue weighted by molar-refractivity contribution is -0.123. The van der Waals surface area contributed by atoms with E-state index in [1.807, 2.05) is 25.1 Å². The van der Waals surface area contributed by atoms with Gasteiger partial charge in [-0.05, 0) is 49.1 Å². The van der Waals surface area contributed by atoms with Gasteiger partial charge >= 0.3 is 0 Å². The van der Waals surface area contributed by atoms with E-state index in [0.29, 0.717) is 24.1 Å². The molecule has 1 heterocycles. The molecule has 1 N–H and O–H groups in total. The number of anilines is 1.